The van der Waals surface area contributed by atoms with E-state index in [2.05, 4.69) is 4.98 Å². The Balaban J connectivity index is 2.12. The standard InChI is InChI=1S/C21H17NO2/c1-24-21-18(13-8-14-22-21)20(23)19(17-11-6-3-7-12-17)15-16-9-4-2-5-10-16/h2-15H,1H3. The SMILES string of the molecule is COc1ncccc1C(=O)C(=Cc1ccccc1)c1ccccc1. The second-order valence-corrected chi connectivity index (χ2v) is 5.22. The van der Waals surface area contributed by atoms with Gasteiger partial charge in [0.1, 0.15) is 0 Å². The number of allylic oxidation sites excluding steroid dienone is 1. The molecule has 0 spiro atoms. The maximum atomic E-state index is 13.1. The Morgan fingerprint density at radius 2 is 1.58 bits per heavy atom. The molecule has 0 radical (unpaired) electrons. The molecule has 0 bridgehead atoms. The maximum Gasteiger partial charge on any atom is 0.224 e. The number of pyridine rings is 1. The van der Waals surface area contributed by atoms with Gasteiger partial charge in [0, 0.05) is 11.8 Å². The van der Waals surface area contributed by atoms with Gasteiger partial charge in [-0.2, -0.15) is 0 Å². The van der Waals surface area contributed by atoms with E-state index in [1.807, 2.05) is 66.7 Å². The van der Waals surface area contributed by atoms with E-state index in [4.69, 9.17) is 4.74 Å². The molecule has 24 heavy (non-hydrogen) atoms. The number of hydrogen-bond acceptors (Lipinski definition) is 3. The predicted octanol–water partition coefficient (Wildman–Crippen LogP) is 4.51. The van der Waals surface area contributed by atoms with E-state index in [0.717, 1.165) is 11.1 Å². The van der Waals surface area contributed by atoms with Crippen LogP contribution in [0.4, 0.5) is 0 Å². The summed E-state index contributed by atoms with van der Waals surface area (Å²) in [5, 5.41) is 0. The van der Waals surface area contributed by atoms with Crippen LogP contribution in [0.2, 0.25) is 0 Å². The smallest absolute Gasteiger partial charge is 0.224 e. The first kappa shape index (κ1) is 15.7. The Morgan fingerprint density at radius 3 is 2.25 bits per heavy atom. The van der Waals surface area contributed by atoms with Crippen molar-refractivity contribution in [2.45, 2.75) is 0 Å². The van der Waals surface area contributed by atoms with E-state index in [0.29, 0.717) is 17.0 Å². The monoisotopic (exact) mass is 315 g/mol. The first-order valence-electron chi connectivity index (χ1n) is 7.65. The van der Waals surface area contributed by atoms with Crippen LogP contribution in [0, 0.1) is 0 Å². The molecule has 0 atom stereocenters. The highest BCUT2D eigenvalue weighted by molar-refractivity contribution is 6.33. The average Bonchev–Trinajstić information content (AvgIpc) is 2.67. The first-order valence-corrected chi connectivity index (χ1v) is 7.65. The van der Waals surface area contributed by atoms with Gasteiger partial charge in [-0.05, 0) is 29.3 Å². The largest absolute Gasteiger partial charge is 0.480 e. The minimum absolute atomic E-state index is 0.116. The zero-order valence-electron chi connectivity index (χ0n) is 13.3. The van der Waals surface area contributed by atoms with Crippen LogP contribution in [-0.2, 0) is 0 Å². The fourth-order valence-corrected chi connectivity index (χ4v) is 2.48. The van der Waals surface area contributed by atoms with E-state index >= 15 is 0 Å². The number of nitrogens with zero attached hydrogens (tertiary/aromatic N) is 1. The summed E-state index contributed by atoms with van der Waals surface area (Å²) < 4.78 is 5.24. The highest BCUT2D eigenvalue weighted by Gasteiger charge is 2.19. The zero-order valence-corrected chi connectivity index (χ0v) is 13.3. The molecule has 0 saturated carbocycles. The number of methoxy groups -OCH3 is 1. The summed E-state index contributed by atoms with van der Waals surface area (Å²) in [6.45, 7) is 0. The van der Waals surface area contributed by atoms with Crippen LogP contribution in [0.5, 0.6) is 5.88 Å². The highest BCUT2D eigenvalue weighted by atomic mass is 16.5. The average molecular weight is 315 g/mol. The number of benzene rings is 2. The molecule has 0 fully saturated rings. The van der Waals surface area contributed by atoms with Crippen LogP contribution in [0.3, 0.4) is 0 Å². The Hall–Kier alpha value is -3.20. The normalized spacial score (nSPS) is 11.1. The van der Waals surface area contributed by atoms with Crippen LogP contribution in [0.15, 0.2) is 79.0 Å². The molecule has 0 aliphatic rings. The van der Waals surface area contributed by atoms with Crippen molar-refractivity contribution in [3.63, 3.8) is 0 Å². The molecule has 0 aliphatic heterocycles. The molecular weight excluding hydrogens is 298 g/mol. The number of hydrogen-bond donors (Lipinski definition) is 0. The van der Waals surface area contributed by atoms with Crippen LogP contribution in [-0.4, -0.2) is 17.9 Å². The third kappa shape index (κ3) is 3.41. The molecule has 1 heterocycles. The van der Waals surface area contributed by atoms with Crippen molar-refractivity contribution in [1.82, 2.24) is 4.98 Å². The molecule has 3 aromatic rings. The Morgan fingerprint density at radius 1 is 0.917 bits per heavy atom. The van der Waals surface area contributed by atoms with Crippen LogP contribution in [0.1, 0.15) is 21.5 Å². The molecule has 2 aromatic carbocycles. The van der Waals surface area contributed by atoms with Crippen molar-refractivity contribution >= 4 is 17.4 Å². The quantitative estimate of drug-likeness (QED) is 0.395. The molecule has 118 valence electrons. The van der Waals surface area contributed by atoms with Gasteiger partial charge in [-0.3, -0.25) is 4.79 Å². The third-order valence-corrected chi connectivity index (χ3v) is 3.65. The van der Waals surface area contributed by atoms with E-state index in [1.165, 1.54) is 7.11 Å². The van der Waals surface area contributed by atoms with Gasteiger partial charge in [0.05, 0.1) is 12.7 Å². The fraction of sp³-hybridized carbons (Fsp3) is 0.0476. The molecule has 3 rings (SSSR count). The van der Waals surface area contributed by atoms with E-state index in [1.54, 1.807) is 18.3 Å². The van der Waals surface area contributed by atoms with Gasteiger partial charge < -0.3 is 4.74 Å². The summed E-state index contributed by atoms with van der Waals surface area (Å²) in [5.74, 6) is 0.215. The predicted molar refractivity (Wildman–Crippen MR) is 95.9 cm³/mol. The third-order valence-electron chi connectivity index (χ3n) is 3.65. The van der Waals surface area contributed by atoms with Gasteiger partial charge in [0.25, 0.3) is 0 Å². The number of ether oxygens (including phenoxy) is 1. The van der Waals surface area contributed by atoms with Crippen LogP contribution < -0.4 is 4.74 Å². The van der Waals surface area contributed by atoms with Gasteiger partial charge in [0.15, 0.2) is 5.78 Å². The molecule has 3 nitrogen and oxygen atoms in total. The van der Waals surface area contributed by atoms with Gasteiger partial charge in [-0.25, -0.2) is 4.98 Å². The van der Waals surface area contributed by atoms with Crippen molar-refractivity contribution in [1.29, 1.82) is 0 Å². The Bertz CT molecular complexity index is 855. The minimum atomic E-state index is -0.116. The fourth-order valence-electron chi connectivity index (χ4n) is 2.48. The lowest BCUT2D eigenvalue weighted by Gasteiger charge is -2.10. The van der Waals surface area contributed by atoms with Gasteiger partial charge in [0.2, 0.25) is 5.88 Å². The molecule has 0 N–H and O–H groups in total. The summed E-state index contributed by atoms with van der Waals surface area (Å²) in [7, 11) is 1.52. The second kappa shape index (κ2) is 7.38. The molecule has 0 saturated heterocycles. The van der Waals surface area contributed by atoms with Crippen molar-refractivity contribution in [3.05, 3.63) is 95.7 Å². The van der Waals surface area contributed by atoms with Crippen molar-refractivity contribution in [2.24, 2.45) is 0 Å². The number of carbonyl (C=O) groups is 1. The van der Waals surface area contributed by atoms with Crippen molar-refractivity contribution < 1.29 is 9.53 Å². The number of ketones is 1. The van der Waals surface area contributed by atoms with Gasteiger partial charge >= 0.3 is 0 Å². The lowest BCUT2D eigenvalue weighted by molar-refractivity contribution is 0.105. The number of aromatic nitrogens is 1. The maximum absolute atomic E-state index is 13.1. The second-order valence-electron chi connectivity index (χ2n) is 5.22. The lowest BCUT2D eigenvalue weighted by Crippen LogP contribution is -2.06. The lowest BCUT2D eigenvalue weighted by atomic mass is 9.95. The number of rotatable bonds is 5. The molecular formula is C21H17NO2. The Kier molecular flexibility index (Phi) is 4.82. The molecule has 0 amide bonds. The summed E-state index contributed by atoms with van der Waals surface area (Å²) in [5.41, 5.74) is 2.88. The molecule has 3 heteroatoms. The Labute approximate surface area is 141 Å². The zero-order chi connectivity index (χ0) is 16.8. The highest BCUT2D eigenvalue weighted by Crippen LogP contribution is 2.26. The van der Waals surface area contributed by atoms with E-state index in [9.17, 15) is 4.79 Å². The van der Waals surface area contributed by atoms with Crippen LogP contribution >= 0.6 is 0 Å². The number of carbonyl (C=O) groups excluding carboxylic acids is 1. The van der Waals surface area contributed by atoms with Gasteiger partial charge in [-0.1, -0.05) is 60.7 Å². The molecule has 1 aromatic heterocycles. The van der Waals surface area contributed by atoms with E-state index < -0.39 is 0 Å². The van der Waals surface area contributed by atoms with Crippen LogP contribution in [0.25, 0.3) is 11.6 Å². The minimum Gasteiger partial charge on any atom is -0.480 e. The summed E-state index contributed by atoms with van der Waals surface area (Å²) in [6.07, 6.45) is 3.50. The first-order chi connectivity index (χ1) is 11.8. The van der Waals surface area contributed by atoms with E-state index in [-0.39, 0.29) is 5.78 Å². The van der Waals surface area contributed by atoms with Gasteiger partial charge in [-0.15, -0.1) is 0 Å². The number of Topliss-reactive ketones (excluding diaryl/α,β-unsaturated/α-hetero) is 1. The summed E-state index contributed by atoms with van der Waals surface area (Å²) in [4.78, 5) is 17.3. The molecule has 0 aliphatic carbocycles. The topological polar surface area (TPSA) is 39.2 Å². The summed E-state index contributed by atoms with van der Waals surface area (Å²) in [6, 6.07) is 22.9. The summed E-state index contributed by atoms with van der Waals surface area (Å²) >= 11 is 0. The molecule has 0 unspecified atom stereocenters. The van der Waals surface area contributed by atoms with Crippen molar-refractivity contribution in [3.8, 4) is 5.88 Å². The van der Waals surface area contributed by atoms with Crippen molar-refractivity contribution in [2.75, 3.05) is 7.11 Å².